The normalized spacial score (nSPS) is 27.2. The average molecular weight is 404 g/mol. The molecule has 0 bridgehead atoms. The van der Waals surface area contributed by atoms with Crippen molar-refractivity contribution in [2.75, 3.05) is 25.0 Å². The molecule has 3 aromatic rings. The van der Waals surface area contributed by atoms with Gasteiger partial charge in [-0.15, -0.1) is 11.3 Å². The molecule has 0 radical (unpaired) electrons. The van der Waals surface area contributed by atoms with Crippen molar-refractivity contribution in [1.82, 2.24) is 19.9 Å². The first-order chi connectivity index (χ1) is 13.5. The minimum Gasteiger partial charge on any atom is -0.380 e. The van der Waals surface area contributed by atoms with E-state index in [9.17, 15) is 8.78 Å². The van der Waals surface area contributed by atoms with Crippen molar-refractivity contribution >= 4 is 28.1 Å². The molecule has 1 saturated heterocycles. The summed E-state index contributed by atoms with van der Waals surface area (Å²) in [6.45, 7) is 4.36. The first-order valence-corrected chi connectivity index (χ1v) is 10.6. The summed E-state index contributed by atoms with van der Waals surface area (Å²) in [5.74, 6) is -2.46. The number of aromatic nitrogens is 3. The van der Waals surface area contributed by atoms with Crippen LogP contribution in [0.1, 0.15) is 19.8 Å². The van der Waals surface area contributed by atoms with Crippen LogP contribution in [0.4, 0.5) is 14.5 Å². The van der Waals surface area contributed by atoms with Gasteiger partial charge < -0.3 is 15.2 Å². The van der Waals surface area contributed by atoms with Crippen LogP contribution in [0.3, 0.4) is 0 Å². The molecule has 1 unspecified atom stereocenters. The third-order valence-corrected chi connectivity index (χ3v) is 6.57. The number of likely N-dealkylation sites (tertiary alicyclic amines) is 1. The van der Waals surface area contributed by atoms with Crippen molar-refractivity contribution in [2.45, 2.75) is 31.7 Å². The number of thiazole rings is 1. The number of rotatable bonds is 5. The maximum absolute atomic E-state index is 13.4. The smallest absolute Gasteiger partial charge is 0.252 e. The number of aromatic amines is 1. The van der Waals surface area contributed by atoms with Crippen molar-refractivity contribution < 1.29 is 8.78 Å². The monoisotopic (exact) mass is 403 g/mol. The first-order valence-electron chi connectivity index (χ1n) is 9.72. The molecule has 1 aliphatic carbocycles. The van der Waals surface area contributed by atoms with E-state index in [1.54, 1.807) is 17.5 Å². The van der Waals surface area contributed by atoms with E-state index >= 15 is 0 Å². The molecule has 3 atom stereocenters. The van der Waals surface area contributed by atoms with Crippen molar-refractivity contribution in [3.63, 3.8) is 0 Å². The van der Waals surface area contributed by atoms with Crippen LogP contribution < -0.4 is 5.32 Å². The van der Waals surface area contributed by atoms with Crippen LogP contribution >= 0.6 is 11.3 Å². The van der Waals surface area contributed by atoms with Crippen LogP contribution in [0.2, 0.25) is 0 Å². The summed E-state index contributed by atoms with van der Waals surface area (Å²) < 4.78 is 26.8. The number of hydrogen-bond donors (Lipinski definition) is 2. The largest absolute Gasteiger partial charge is 0.380 e. The Balaban J connectivity index is 1.41. The SMILES string of the molecule is C[C@H]1C[C@@H](Nc2c(-c3nccs3)cnc3[nH]ccc23)CN(CC2CC2(F)F)C1. The molecule has 0 aromatic carbocycles. The fraction of sp³-hybridized carbons (Fsp3) is 0.500. The summed E-state index contributed by atoms with van der Waals surface area (Å²) in [7, 11) is 0. The third-order valence-electron chi connectivity index (χ3n) is 5.77. The van der Waals surface area contributed by atoms with E-state index in [0.29, 0.717) is 12.5 Å². The highest BCUT2D eigenvalue weighted by molar-refractivity contribution is 7.13. The fourth-order valence-corrected chi connectivity index (χ4v) is 5.03. The van der Waals surface area contributed by atoms with E-state index in [1.807, 2.05) is 23.8 Å². The molecule has 2 fully saturated rings. The van der Waals surface area contributed by atoms with Crippen LogP contribution in [0, 0.1) is 11.8 Å². The first kappa shape index (κ1) is 18.0. The molecule has 8 heteroatoms. The molecule has 4 heterocycles. The Labute approximate surface area is 166 Å². The Hall–Kier alpha value is -2.06. The van der Waals surface area contributed by atoms with E-state index in [-0.39, 0.29) is 12.5 Å². The standard InChI is InChI=1S/C20H23F2N5S/c1-12-6-14(11-27(9-12)10-13-7-20(13,21)22)26-17-15-2-3-23-18(15)25-8-16(17)19-24-4-5-28-19/h2-5,8,12-14H,6-7,9-11H2,1H3,(H2,23,25,26)/t12-,13?,14+/m0/s1. The summed E-state index contributed by atoms with van der Waals surface area (Å²) in [6.07, 6.45) is 6.60. The Morgan fingerprint density at radius 1 is 1.36 bits per heavy atom. The Bertz CT molecular complexity index is 970. The zero-order valence-corrected chi connectivity index (χ0v) is 16.5. The Morgan fingerprint density at radius 2 is 2.21 bits per heavy atom. The number of nitrogens with one attached hydrogen (secondary N) is 2. The summed E-state index contributed by atoms with van der Waals surface area (Å²) in [4.78, 5) is 14.4. The van der Waals surface area contributed by atoms with Crippen LogP contribution in [-0.2, 0) is 0 Å². The lowest BCUT2D eigenvalue weighted by molar-refractivity contribution is 0.0783. The van der Waals surface area contributed by atoms with Gasteiger partial charge in [-0.3, -0.25) is 0 Å². The summed E-state index contributed by atoms with van der Waals surface area (Å²) in [5, 5.41) is 7.64. The maximum atomic E-state index is 13.4. The predicted octanol–water partition coefficient (Wildman–Crippen LogP) is 4.46. The molecule has 2 N–H and O–H groups in total. The third kappa shape index (κ3) is 3.39. The Kier molecular flexibility index (Phi) is 4.35. The summed E-state index contributed by atoms with van der Waals surface area (Å²) in [6, 6.07) is 2.23. The van der Waals surface area contributed by atoms with Gasteiger partial charge in [0.25, 0.3) is 5.92 Å². The van der Waals surface area contributed by atoms with Crippen molar-refractivity contribution in [2.24, 2.45) is 11.8 Å². The van der Waals surface area contributed by atoms with Gasteiger partial charge in [0, 0.05) is 67.4 Å². The quantitative estimate of drug-likeness (QED) is 0.660. The second-order valence-electron chi connectivity index (χ2n) is 8.19. The number of H-pyrrole nitrogens is 1. The molecule has 2 aliphatic rings. The van der Waals surface area contributed by atoms with E-state index in [0.717, 1.165) is 46.8 Å². The molecule has 5 rings (SSSR count). The lowest BCUT2D eigenvalue weighted by Gasteiger charge is -2.37. The van der Waals surface area contributed by atoms with Crippen molar-refractivity contribution in [3.8, 4) is 10.6 Å². The number of anilines is 1. The zero-order chi connectivity index (χ0) is 19.3. The average Bonchev–Trinajstić information content (AvgIpc) is 3.10. The van der Waals surface area contributed by atoms with Gasteiger partial charge in [-0.05, 0) is 18.4 Å². The van der Waals surface area contributed by atoms with Gasteiger partial charge >= 0.3 is 0 Å². The van der Waals surface area contributed by atoms with Crippen molar-refractivity contribution in [3.05, 3.63) is 30.0 Å². The molecule has 5 nitrogen and oxygen atoms in total. The van der Waals surface area contributed by atoms with E-state index in [1.165, 1.54) is 0 Å². The second kappa shape index (κ2) is 6.77. The molecular formula is C20H23F2N5S. The second-order valence-corrected chi connectivity index (χ2v) is 9.08. The van der Waals surface area contributed by atoms with Gasteiger partial charge in [0.15, 0.2) is 0 Å². The molecule has 1 aliphatic heterocycles. The van der Waals surface area contributed by atoms with E-state index < -0.39 is 11.8 Å². The molecule has 1 saturated carbocycles. The van der Waals surface area contributed by atoms with Crippen molar-refractivity contribution in [1.29, 1.82) is 0 Å². The molecule has 28 heavy (non-hydrogen) atoms. The zero-order valence-electron chi connectivity index (χ0n) is 15.7. The van der Waals surface area contributed by atoms with E-state index in [4.69, 9.17) is 0 Å². The topological polar surface area (TPSA) is 56.8 Å². The maximum Gasteiger partial charge on any atom is 0.252 e. The van der Waals surface area contributed by atoms with Crippen LogP contribution in [0.25, 0.3) is 21.6 Å². The fourth-order valence-electron chi connectivity index (χ4n) is 4.38. The molecule has 0 spiro atoms. The van der Waals surface area contributed by atoms with Gasteiger partial charge in [-0.1, -0.05) is 6.92 Å². The van der Waals surface area contributed by atoms with Gasteiger partial charge in [0.2, 0.25) is 0 Å². The number of halogens is 2. The minimum atomic E-state index is -2.45. The lowest BCUT2D eigenvalue weighted by atomic mass is 9.95. The van der Waals surface area contributed by atoms with Crippen LogP contribution in [-0.4, -0.2) is 51.5 Å². The van der Waals surface area contributed by atoms with Gasteiger partial charge in [0.05, 0.1) is 11.3 Å². The minimum absolute atomic E-state index is 0.0402. The van der Waals surface area contributed by atoms with E-state index in [2.05, 4.69) is 32.1 Å². The summed E-state index contributed by atoms with van der Waals surface area (Å²) >= 11 is 1.59. The molecule has 148 valence electrons. The highest BCUT2D eigenvalue weighted by Crippen LogP contribution is 2.49. The van der Waals surface area contributed by atoms with Gasteiger partial charge in [-0.2, -0.15) is 0 Å². The lowest BCUT2D eigenvalue weighted by Crippen LogP contribution is -2.46. The number of hydrogen-bond acceptors (Lipinski definition) is 5. The predicted molar refractivity (Wildman–Crippen MR) is 108 cm³/mol. The number of pyridine rings is 1. The molecule has 3 aromatic heterocycles. The number of nitrogens with zero attached hydrogens (tertiary/aromatic N) is 3. The Morgan fingerprint density at radius 3 is 2.96 bits per heavy atom. The number of piperidine rings is 1. The van der Waals surface area contributed by atoms with Crippen LogP contribution in [0.5, 0.6) is 0 Å². The van der Waals surface area contributed by atoms with Gasteiger partial charge in [-0.25, -0.2) is 18.7 Å². The van der Waals surface area contributed by atoms with Crippen LogP contribution in [0.15, 0.2) is 30.0 Å². The molecule has 0 amide bonds. The molecular weight excluding hydrogens is 380 g/mol. The highest BCUT2D eigenvalue weighted by Gasteiger charge is 2.57. The number of alkyl halides is 2. The summed E-state index contributed by atoms with van der Waals surface area (Å²) in [5.41, 5.74) is 2.85. The highest BCUT2D eigenvalue weighted by atomic mass is 32.1. The number of fused-ring (bicyclic) bond motifs is 1. The van der Waals surface area contributed by atoms with Gasteiger partial charge in [0.1, 0.15) is 10.7 Å².